The SMILES string of the molecule is CN(C)c1ccc(Nc2nc(N)c(N)c(=O)[nH]2)cc1. The molecule has 0 spiro atoms. The second kappa shape index (κ2) is 4.89. The fourth-order valence-electron chi connectivity index (χ4n) is 1.54. The maximum absolute atomic E-state index is 11.4. The van der Waals surface area contributed by atoms with Crippen molar-refractivity contribution in [2.75, 3.05) is 35.8 Å². The lowest BCUT2D eigenvalue weighted by Gasteiger charge is -2.13. The highest BCUT2D eigenvalue weighted by atomic mass is 16.1. The van der Waals surface area contributed by atoms with Crippen LogP contribution in [0.1, 0.15) is 0 Å². The van der Waals surface area contributed by atoms with Crippen molar-refractivity contribution in [1.82, 2.24) is 9.97 Å². The molecule has 100 valence electrons. The van der Waals surface area contributed by atoms with Crippen LogP contribution in [0.5, 0.6) is 0 Å². The number of nitrogens with one attached hydrogen (secondary N) is 2. The molecule has 0 saturated carbocycles. The maximum atomic E-state index is 11.4. The standard InChI is InChI=1S/C12H16N6O/c1-18(2)8-5-3-7(4-6-8)15-12-16-10(14)9(13)11(19)17-12/h3-6H,13H2,1-2H3,(H4,14,15,16,17,19). The number of H-pyrrole nitrogens is 1. The zero-order valence-electron chi connectivity index (χ0n) is 10.8. The Bertz CT molecular complexity index is 632. The third-order valence-corrected chi connectivity index (χ3v) is 2.63. The monoisotopic (exact) mass is 260 g/mol. The normalized spacial score (nSPS) is 10.2. The third-order valence-electron chi connectivity index (χ3n) is 2.63. The van der Waals surface area contributed by atoms with Crippen LogP contribution in [0, 0.1) is 0 Å². The van der Waals surface area contributed by atoms with Gasteiger partial charge in [0.05, 0.1) is 0 Å². The van der Waals surface area contributed by atoms with Gasteiger partial charge in [0, 0.05) is 25.5 Å². The molecule has 0 unspecified atom stereocenters. The lowest BCUT2D eigenvalue weighted by atomic mass is 10.2. The summed E-state index contributed by atoms with van der Waals surface area (Å²) in [6.07, 6.45) is 0. The molecule has 19 heavy (non-hydrogen) atoms. The van der Waals surface area contributed by atoms with E-state index in [-0.39, 0.29) is 17.5 Å². The van der Waals surface area contributed by atoms with Gasteiger partial charge in [-0.1, -0.05) is 0 Å². The molecule has 0 aliphatic carbocycles. The number of nitrogen functional groups attached to an aromatic ring is 2. The molecule has 0 bridgehead atoms. The Morgan fingerprint density at radius 2 is 1.84 bits per heavy atom. The molecule has 6 N–H and O–H groups in total. The van der Waals surface area contributed by atoms with Crippen molar-refractivity contribution in [3.8, 4) is 0 Å². The lowest BCUT2D eigenvalue weighted by Crippen LogP contribution is -2.17. The molecule has 1 aromatic carbocycles. The Morgan fingerprint density at radius 3 is 2.37 bits per heavy atom. The quantitative estimate of drug-likeness (QED) is 0.647. The Hall–Kier alpha value is -2.70. The molecule has 2 aromatic rings. The molecule has 1 aromatic heterocycles. The van der Waals surface area contributed by atoms with Crippen molar-refractivity contribution in [1.29, 1.82) is 0 Å². The minimum Gasteiger partial charge on any atom is -0.391 e. The van der Waals surface area contributed by atoms with Crippen LogP contribution in [0.4, 0.5) is 28.8 Å². The van der Waals surface area contributed by atoms with Gasteiger partial charge in [0.2, 0.25) is 5.95 Å². The van der Waals surface area contributed by atoms with Crippen molar-refractivity contribution in [2.24, 2.45) is 0 Å². The summed E-state index contributed by atoms with van der Waals surface area (Å²) in [6, 6.07) is 7.64. The fraction of sp³-hybridized carbons (Fsp3) is 0.167. The van der Waals surface area contributed by atoms with Gasteiger partial charge in [-0.2, -0.15) is 4.98 Å². The van der Waals surface area contributed by atoms with Gasteiger partial charge < -0.3 is 21.7 Å². The number of hydrogen-bond donors (Lipinski definition) is 4. The number of hydrogen-bond acceptors (Lipinski definition) is 6. The molecule has 0 aliphatic rings. The minimum atomic E-state index is -0.458. The van der Waals surface area contributed by atoms with Crippen LogP contribution in [-0.2, 0) is 0 Å². The van der Waals surface area contributed by atoms with Gasteiger partial charge in [-0.3, -0.25) is 9.78 Å². The molecule has 7 heteroatoms. The first-order valence-electron chi connectivity index (χ1n) is 5.67. The highest BCUT2D eigenvalue weighted by Crippen LogP contribution is 2.18. The van der Waals surface area contributed by atoms with E-state index in [9.17, 15) is 4.79 Å². The van der Waals surface area contributed by atoms with E-state index < -0.39 is 5.56 Å². The zero-order valence-corrected chi connectivity index (χ0v) is 10.8. The number of benzene rings is 1. The number of anilines is 5. The van der Waals surface area contributed by atoms with E-state index in [2.05, 4.69) is 15.3 Å². The first kappa shape index (κ1) is 12.7. The summed E-state index contributed by atoms with van der Waals surface area (Å²) < 4.78 is 0. The summed E-state index contributed by atoms with van der Waals surface area (Å²) in [6.45, 7) is 0. The van der Waals surface area contributed by atoms with Gasteiger partial charge in [-0.25, -0.2) is 0 Å². The number of aromatic nitrogens is 2. The van der Waals surface area contributed by atoms with Crippen molar-refractivity contribution in [3.05, 3.63) is 34.6 Å². The van der Waals surface area contributed by atoms with Crippen LogP contribution < -0.4 is 27.2 Å². The molecule has 0 fully saturated rings. The highest BCUT2D eigenvalue weighted by molar-refractivity contribution is 5.63. The summed E-state index contributed by atoms with van der Waals surface area (Å²) in [4.78, 5) is 19.9. The van der Waals surface area contributed by atoms with Gasteiger partial charge in [0.25, 0.3) is 5.56 Å². The molecule has 0 atom stereocenters. The highest BCUT2D eigenvalue weighted by Gasteiger charge is 2.05. The second-order valence-corrected chi connectivity index (χ2v) is 4.28. The molecule has 0 amide bonds. The first-order chi connectivity index (χ1) is 8.97. The minimum absolute atomic E-state index is 0.0103. The van der Waals surface area contributed by atoms with Crippen LogP contribution in [-0.4, -0.2) is 24.1 Å². The van der Waals surface area contributed by atoms with E-state index in [1.165, 1.54) is 0 Å². The summed E-state index contributed by atoms with van der Waals surface area (Å²) in [7, 11) is 3.92. The van der Waals surface area contributed by atoms with Crippen molar-refractivity contribution >= 4 is 28.8 Å². The number of nitrogens with zero attached hydrogens (tertiary/aromatic N) is 2. The first-order valence-corrected chi connectivity index (χ1v) is 5.67. The fourth-order valence-corrected chi connectivity index (χ4v) is 1.54. The molecule has 0 saturated heterocycles. The summed E-state index contributed by atoms with van der Waals surface area (Å²) in [5.74, 6) is 0.269. The van der Waals surface area contributed by atoms with Crippen LogP contribution >= 0.6 is 0 Å². The molecule has 7 nitrogen and oxygen atoms in total. The van der Waals surface area contributed by atoms with E-state index in [0.717, 1.165) is 11.4 Å². The third kappa shape index (κ3) is 2.76. The Balaban J connectivity index is 2.24. The van der Waals surface area contributed by atoms with Gasteiger partial charge >= 0.3 is 0 Å². The van der Waals surface area contributed by atoms with Crippen LogP contribution in [0.2, 0.25) is 0 Å². The largest absolute Gasteiger partial charge is 0.391 e. The molecule has 0 radical (unpaired) electrons. The average Bonchev–Trinajstić information content (AvgIpc) is 2.36. The summed E-state index contributed by atoms with van der Waals surface area (Å²) >= 11 is 0. The topological polar surface area (TPSA) is 113 Å². The van der Waals surface area contributed by atoms with Crippen molar-refractivity contribution < 1.29 is 0 Å². The summed E-state index contributed by atoms with van der Waals surface area (Å²) in [5.41, 5.74) is 12.3. The Morgan fingerprint density at radius 1 is 1.21 bits per heavy atom. The van der Waals surface area contributed by atoms with Gasteiger partial charge in [0.15, 0.2) is 5.82 Å². The zero-order chi connectivity index (χ0) is 14.0. The van der Waals surface area contributed by atoms with Crippen LogP contribution in [0.15, 0.2) is 29.1 Å². The molecule has 1 heterocycles. The predicted molar refractivity (Wildman–Crippen MR) is 77.7 cm³/mol. The van der Waals surface area contributed by atoms with Crippen molar-refractivity contribution in [2.45, 2.75) is 0 Å². The van der Waals surface area contributed by atoms with Gasteiger partial charge in [0.1, 0.15) is 5.69 Å². The molecule has 0 aliphatic heterocycles. The molecular formula is C12H16N6O. The number of rotatable bonds is 3. The van der Waals surface area contributed by atoms with Gasteiger partial charge in [-0.15, -0.1) is 0 Å². The van der Waals surface area contributed by atoms with E-state index in [1.54, 1.807) is 0 Å². The van der Waals surface area contributed by atoms with E-state index in [0.29, 0.717) is 0 Å². The molecule has 2 rings (SSSR count). The smallest absolute Gasteiger partial charge is 0.277 e. The van der Waals surface area contributed by atoms with E-state index >= 15 is 0 Å². The maximum Gasteiger partial charge on any atom is 0.277 e. The summed E-state index contributed by atoms with van der Waals surface area (Å²) in [5, 5.41) is 2.96. The Kier molecular flexibility index (Phi) is 3.28. The van der Waals surface area contributed by atoms with Crippen molar-refractivity contribution in [3.63, 3.8) is 0 Å². The average molecular weight is 260 g/mol. The van der Waals surface area contributed by atoms with Gasteiger partial charge in [-0.05, 0) is 24.3 Å². The Labute approximate surface area is 110 Å². The van der Waals surface area contributed by atoms with Crippen LogP contribution in [0.25, 0.3) is 0 Å². The lowest BCUT2D eigenvalue weighted by molar-refractivity contribution is 1.12. The number of nitrogens with two attached hydrogens (primary N) is 2. The molecular weight excluding hydrogens is 244 g/mol. The van der Waals surface area contributed by atoms with E-state index in [4.69, 9.17) is 11.5 Å². The predicted octanol–water partition coefficient (Wildman–Crippen LogP) is 0.744. The van der Waals surface area contributed by atoms with E-state index in [1.807, 2.05) is 43.3 Å². The van der Waals surface area contributed by atoms with Crippen LogP contribution in [0.3, 0.4) is 0 Å². The number of aromatic amines is 1. The second-order valence-electron chi connectivity index (χ2n) is 4.28.